The van der Waals surface area contributed by atoms with E-state index >= 15 is 0 Å². The van der Waals surface area contributed by atoms with E-state index in [-0.39, 0.29) is 6.10 Å². The first-order chi connectivity index (χ1) is 9.08. The second-order valence-electron chi connectivity index (χ2n) is 4.55. The summed E-state index contributed by atoms with van der Waals surface area (Å²) in [6.45, 7) is 6.05. The van der Waals surface area contributed by atoms with Crippen molar-refractivity contribution in [3.05, 3.63) is 41.2 Å². The lowest BCUT2D eigenvalue weighted by atomic mass is 10.2. The third-order valence-electron chi connectivity index (χ3n) is 2.59. The van der Waals surface area contributed by atoms with E-state index in [1.165, 1.54) is 0 Å². The molecular weight excluding hydrogens is 260 g/mol. The molecule has 0 atom stereocenters. The largest absolute Gasteiger partial charge is 0.491 e. The topological polar surface area (TPSA) is 35.0 Å². The minimum Gasteiger partial charge on any atom is -0.491 e. The van der Waals surface area contributed by atoms with Gasteiger partial charge in [-0.3, -0.25) is 0 Å². The van der Waals surface area contributed by atoms with E-state index in [2.05, 4.69) is 9.97 Å². The number of halogens is 1. The molecule has 1 heterocycles. The molecule has 0 spiro atoms. The van der Waals surface area contributed by atoms with Crippen LogP contribution in [0.25, 0.3) is 11.4 Å². The Morgan fingerprint density at radius 2 is 1.84 bits per heavy atom. The number of aromatic nitrogens is 2. The zero-order valence-corrected chi connectivity index (χ0v) is 12.1. The van der Waals surface area contributed by atoms with Crippen molar-refractivity contribution < 1.29 is 4.74 Å². The normalized spacial score (nSPS) is 10.8. The first-order valence-corrected chi connectivity index (χ1v) is 6.77. The quantitative estimate of drug-likeness (QED) is 0.787. The Morgan fingerprint density at radius 3 is 2.42 bits per heavy atom. The fraction of sp³-hybridized carbons (Fsp3) is 0.333. The zero-order valence-electron chi connectivity index (χ0n) is 11.4. The smallest absolute Gasteiger partial charge is 0.161 e. The van der Waals surface area contributed by atoms with Crippen LogP contribution in [0.2, 0.25) is 5.15 Å². The molecule has 4 heteroatoms. The summed E-state index contributed by atoms with van der Waals surface area (Å²) < 4.78 is 5.61. The predicted octanol–water partition coefficient (Wildman–Crippen LogP) is 4.15. The maximum Gasteiger partial charge on any atom is 0.161 e. The van der Waals surface area contributed by atoms with Gasteiger partial charge in [0.25, 0.3) is 0 Å². The molecular formula is C15H17ClN2O. The first-order valence-electron chi connectivity index (χ1n) is 6.39. The Labute approximate surface area is 118 Å². The third-order valence-corrected chi connectivity index (χ3v) is 2.79. The van der Waals surface area contributed by atoms with Crippen molar-refractivity contribution in [3.63, 3.8) is 0 Å². The van der Waals surface area contributed by atoms with Crippen molar-refractivity contribution in [2.45, 2.75) is 33.3 Å². The highest BCUT2D eigenvalue weighted by molar-refractivity contribution is 6.29. The minimum absolute atomic E-state index is 0.167. The predicted molar refractivity (Wildman–Crippen MR) is 77.6 cm³/mol. The molecule has 0 amide bonds. The molecule has 0 N–H and O–H groups in total. The van der Waals surface area contributed by atoms with E-state index in [0.717, 1.165) is 23.4 Å². The molecule has 0 aliphatic carbocycles. The van der Waals surface area contributed by atoms with Gasteiger partial charge in [0, 0.05) is 11.3 Å². The molecule has 0 aliphatic heterocycles. The summed E-state index contributed by atoms with van der Waals surface area (Å²) in [6.07, 6.45) is 1.00. The number of aryl methyl sites for hydroxylation is 1. The van der Waals surface area contributed by atoms with Crippen LogP contribution < -0.4 is 4.74 Å². The molecule has 2 aromatic rings. The highest BCUT2D eigenvalue weighted by Gasteiger charge is 2.06. The van der Waals surface area contributed by atoms with Gasteiger partial charge in [-0.15, -0.1) is 0 Å². The van der Waals surface area contributed by atoms with Crippen LogP contribution in [0.15, 0.2) is 30.3 Å². The summed E-state index contributed by atoms with van der Waals surface area (Å²) in [5.41, 5.74) is 1.88. The molecule has 0 fully saturated rings. The van der Waals surface area contributed by atoms with Gasteiger partial charge in [0.2, 0.25) is 0 Å². The van der Waals surface area contributed by atoms with Crippen LogP contribution in [-0.4, -0.2) is 16.1 Å². The maximum atomic E-state index is 6.00. The van der Waals surface area contributed by atoms with Crippen molar-refractivity contribution in [1.82, 2.24) is 9.97 Å². The molecule has 100 valence electrons. The fourth-order valence-electron chi connectivity index (χ4n) is 1.73. The molecule has 3 nitrogen and oxygen atoms in total. The molecule has 0 saturated carbocycles. The van der Waals surface area contributed by atoms with Gasteiger partial charge in [-0.05, 0) is 50.6 Å². The van der Waals surface area contributed by atoms with Crippen LogP contribution in [0, 0.1) is 0 Å². The average molecular weight is 277 g/mol. The molecule has 1 aromatic carbocycles. The number of benzene rings is 1. The molecule has 1 aromatic heterocycles. The van der Waals surface area contributed by atoms with Crippen LogP contribution in [0.3, 0.4) is 0 Å². The van der Waals surface area contributed by atoms with Crippen molar-refractivity contribution >= 4 is 11.6 Å². The lowest BCUT2D eigenvalue weighted by molar-refractivity contribution is 0.242. The Hall–Kier alpha value is -1.61. The Morgan fingerprint density at radius 1 is 1.16 bits per heavy atom. The summed E-state index contributed by atoms with van der Waals surface area (Å²) in [7, 11) is 0. The number of hydrogen-bond acceptors (Lipinski definition) is 3. The fourth-order valence-corrected chi connectivity index (χ4v) is 1.94. The van der Waals surface area contributed by atoms with Crippen LogP contribution in [0.1, 0.15) is 26.5 Å². The minimum atomic E-state index is 0.167. The number of ether oxygens (including phenoxy) is 1. The Kier molecular flexibility index (Phi) is 4.38. The molecule has 2 rings (SSSR count). The highest BCUT2D eigenvalue weighted by Crippen LogP contribution is 2.22. The van der Waals surface area contributed by atoms with Gasteiger partial charge in [0.15, 0.2) is 5.82 Å². The van der Waals surface area contributed by atoms with Crippen LogP contribution in [0.4, 0.5) is 0 Å². The van der Waals surface area contributed by atoms with E-state index < -0.39 is 0 Å². The molecule has 0 bridgehead atoms. The van der Waals surface area contributed by atoms with Gasteiger partial charge in [-0.2, -0.15) is 0 Å². The first kappa shape index (κ1) is 13.8. The second-order valence-corrected chi connectivity index (χ2v) is 4.94. The third kappa shape index (κ3) is 3.67. The highest BCUT2D eigenvalue weighted by atomic mass is 35.5. The average Bonchev–Trinajstić information content (AvgIpc) is 2.38. The molecule has 19 heavy (non-hydrogen) atoms. The zero-order chi connectivity index (χ0) is 13.8. The van der Waals surface area contributed by atoms with Gasteiger partial charge < -0.3 is 4.74 Å². The van der Waals surface area contributed by atoms with E-state index in [1.807, 2.05) is 45.0 Å². The summed E-state index contributed by atoms with van der Waals surface area (Å²) in [5.74, 6) is 1.50. The lowest BCUT2D eigenvalue weighted by Crippen LogP contribution is -2.05. The summed E-state index contributed by atoms with van der Waals surface area (Å²) in [6, 6.07) is 9.53. The van der Waals surface area contributed by atoms with Crippen molar-refractivity contribution in [1.29, 1.82) is 0 Å². The van der Waals surface area contributed by atoms with E-state index in [0.29, 0.717) is 11.0 Å². The monoisotopic (exact) mass is 276 g/mol. The van der Waals surface area contributed by atoms with E-state index in [1.54, 1.807) is 6.07 Å². The van der Waals surface area contributed by atoms with Gasteiger partial charge >= 0.3 is 0 Å². The standard InChI is InChI=1S/C15H17ClN2O/c1-4-12-9-14(16)18-15(17-12)11-5-7-13(8-6-11)19-10(2)3/h5-10H,4H2,1-3H3. The van der Waals surface area contributed by atoms with Crippen LogP contribution >= 0.6 is 11.6 Å². The van der Waals surface area contributed by atoms with E-state index in [4.69, 9.17) is 16.3 Å². The molecule has 0 aliphatic rings. The Balaban J connectivity index is 2.29. The number of hydrogen-bond donors (Lipinski definition) is 0. The molecule has 0 saturated heterocycles. The molecule has 0 unspecified atom stereocenters. The van der Waals surface area contributed by atoms with Crippen molar-refractivity contribution in [2.24, 2.45) is 0 Å². The second kappa shape index (κ2) is 6.02. The lowest BCUT2D eigenvalue weighted by Gasteiger charge is -2.10. The van der Waals surface area contributed by atoms with Crippen LogP contribution in [-0.2, 0) is 6.42 Å². The van der Waals surface area contributed by atoms with Gasteiger partial charge in [0.1, 0.15) is 10.9 Å². The van der Waals surface area contributed by atoms with Crippen molar-refractivity contribution in [2.75, 3.05) is 0 Å². The maximum absolute atomic E-state index is 6.00. The number of nitrogens with zero attached hydrogens (tertiary/aromatic N) is 2. The van der Waals surface area contributed by atoms with Crippen molar-refractivity contribution in [3.8, 4) is 17.1 Å². The van der Waals surface area contributed by atoms with E-state index in [9.17, 15) is 0 Å². The summed E-state index contributed by atoms with van der Waals surface area (Å²) >= 11 is 6.00. The van der Waals surface area contributed by atoms with Crippen LogP contribution in [0.5, 0.6) is 5.75 Å². The molecule has 0 radical (unpaired) electrons. The van der Waals surface area contributed by atoms with Gasteiger partial charge in [0.05, 0.1) is 6.10 Å². The number of rotatable bonds is 4. The summed E-state index contributed by atoms with van der Waals surface area (Å²) in [5, 5.41) is 0.476. The SMILES string of the molecule is CCc1cc(Cl)nc(-c2ccc(OC(C)C)cc2)n1. The van der Waals surface area contributed by atoms with Gasteiger partial charge in [-0.1, -0.05) is 18.5 Å². The van der Waals surface area contributed by atoms with Gasteiger partial charge in [-0.25, -0.2) is 9.97 Å². The summed E-state index contributed by atoms with van der Waals surface area (Å²) in [4.78, 5) is 8.73. The Bertz CT molecular complexity index is 553.